The summed E-state index contributed by atoms with van der Waals surface area (Å²) < 4.78 is 13.3. The van der Waals surface area contributed by atoms with Gasteiger partial charge < -0.3 is 15.6 Å². The standard InChI is InChI=1S/C21H22FN3O/c1-2-23-15-6-8-19-17(11-15)18-12-16(7-9-20(18)25-19)24-21(26)13-4-3-5-14(22)10-13/h3-5,7,9-10,12,15,23,25H,2,6,8,11H2,1H3,(H,24,26). The van der Waals surface area contributed by atoms with Crippen molar-refractivity contribution in [3.8, 4) is 0 Å². The molecule has 0 saturated heterocycles. The van der Waals surface area contributed by atoms with Crippen molar-refractivity contribution in [1.82, 2.24) is 10.3 Å². The minimum atomic E-state index is -0.415. The lowest BCUT2D eigenvalue weighted by molar-refractivity contribution is 0.102. The molecular formula is C21H22FN3O. The Morgan fingerprint density at radius 2 is 2.15 bits per heavy atom. The van der Waals surface area contributed by atoms with Gasteiger partial charge in [-0.15, -0.1) is 0 Å². The van der Waals surface area contributed by atoms with Crippen LogP contribution in [0.2, 0.25) is 0 Å². The van der Waals surface area contributed by atoms with E-state index < -0.39 is 5.82 Å². The third kappa shape index (κ3) is 3.22. The number of anilines is 1. The predicted molar refractivity (Wildman–Crippen MR) is 102 cm³/mol. The molecule has 1 unspecified atom stereocenters. The second-order valence-electron chi connectivity index (χ2n) is 6.80. The molecule has 4 rings (SSSR count). The van der Waals surface area contributed by atoms with E-state index in [1.54, 1.807) is 6.07 Å². The van der Waals surface area contributed by atoms with Crippen LogP contribution in [-0.2, 0) is 12.8 Å². The number of hydrogen-bond donors (Lipinski definition) is 3. The van der Waals surface area contributed by atoms with E-state index in [1.807, 2.05) is 18.2 Å². The summed E-state index contributed by atoms with van der Waals surface area (Å²) in [6.07, 6.45) is 3.16. The lowest BCUT2D eigenvalue weighted by Gasteiger charge is -2.23. The Labute approximate surface area is 151 Å². The van der Waals surface area contributed by atoms with E-state index in [2.05, 4.69) is 22.5 Å². The number of aryl methyl sites for hydroxylation is 1. The van der Waals surface area contributed by atoms with Gasteiger partial charge in [-0.05, 0) is 67.8 Å². The normalized spacial score (nSPS) is 16.5. The molecule has 2 aromatic carbocycles. The van der Waals surface area contributed by atoms with Crippen molar-refractivity contribution in [2.45, 2.75) is 32.2 Å². The number of aromatic amines is 1. The van der Waals surface area contributed by atoms with E-state index in [1.165, 1.54) is 29.5 Å². The SMILES string of the molecule is CCNC1CCc2[nH]c3ccc(NC(=O)c4cccc(F)c4)cc3c2C1. The Morgan fingerprint density at radius 1 is 1.27 bits per heavy atom. The fraction of sp³-hybridized carbons (Fsp3) is 0.286. The van der Waals surface area contributed by atoms with Crippen LogP contribution >= 0.6 is 0 Å². The molecule has 4 nitrogen and oxygen atoms in total. The van der Waals surface area contributed by atoms with Crippen LogP contribution in [0.4, 0.5) is 10.1 Å². The van der Waals surface area contributed by atoms with E-state index in [-0.39, 0.29) is 5.91 Å². The van der Waals surface area contributed by atoms with Gasteiger partial charge in [0.15, 0.2) is 0 Å². The molecule has 1 atom stereocenters. The third-order valence-corrected chi connectivity index (χ3v) is 5.03. The minimum Gasteiger partial charge on any atom is -0.358 e. The number of amides is 1. The lowest BCUT2D eigenvalue weighted by Crippen LogP contribution is -2.34. The molecule has 1 amide bonds. The van der Waals surface area contributed by atoms with Crippen molar-refractivity contribution < 1.29 is 9.18 Å². The Bertz CT molecular complexity index is 963. The summed E-state index contributed by atoms with van der Waals surface area (Å²) in [7, 11) is 0. The Hall–Kier alpha value is -2.66. The quantitative estimate of drug-likeness (QED) is 0.665. The predicted octanol–water partition coefficient (Wildman–Crippen LogP) is 4.03. The molecule has 0 saturated carbocycles. The summed E-state index contributed by atoms with van der Waals surface area (Å²) in [4.78, 5) is 15.9. The number of aromatic nitrogens is 1. The van der Waals surface area contributed by atoms with Gasteiger partial charge in [-0.1, -0.05) is 13.0 Å². The summed E-state index contributed by atoms with van der Waals surface area (Å²) in [5.74, 6) is -0.721. The maximum atomic E-state index is 13.3. The number of carbonyl (C=O) groups is 1. The third-order valence-electron chi connectivity index (χ3n) is 5.03. The fourth-order valence-corrected chi connectivity index (χ4v) is 3.79. The maximum Gasteiger partial charge on any atom is 0.255 e. The number of halogens is 1. The highest BCUT2D eigenvalue weighted by Gasteiger charge is 2.22. The molecule has 0 aliphatic heterocycles. The van der Waals surface area contributed by atoms with Crippen LogP contribution in [0.1, 0.15) is 35.0 Å². The molecule has 1 heterocycles. The molecule has 0 fully saturated rings. The highest BCUT2D eigenvalue weighted by Crippen LogP contribution is 2.31. The number of H-pyrrole nitrogens is 1. The van der Waals surface area contributed by atoms with Crippen molar-refractivity contribution in [2.75, 3.05) is 11.9 Å². The lowest BCUT2D eigenvalue weighted by atomic mass is 9.91. The van der Waals surface area contributed by atoms with E-state index in [0.29, 0.717) is 11.6 Å². The minimum absolute atomic E-state index is 0.307. The molecule has 5 heteroatoms. The van der Waals surface area contributed by atoms with E-state index >= 15 is 0 Å². The van der Waals surface area contributed by atoms with E-state index in [0.717, 1.165) is 42.4 Å². The molecule has 0 spiro atoms. The zero-order valence-corrected chi connectivity index (χ0v) is 14.7. The molecule has 26 heavy (non-hydrogen) atoms. The number of rotatable bonds is 4. The average Bonchev–Trinajstić information content (AvgIpc) is 2.99. The first-order valence-corrected chi connectivity index (χ1v) is 9.08. The number of nitrogens with one attached hydrogen (secondary N) is 3. The largest absolute Gasteiger partial charge is 0.358 e. The molecule has 1 aliphatic carbocycles. The number of hydrogen-bond acceptors (Lipinski definition) is 2. The number of benzene rings is 2. The fourth-order valence-electron chi connectivity index (χ4n) is 3.79. The molecule has 134 valence electrons. The second kappa shape index (κ2) is 6.92. The Kier molecular flexibility index (Phi) is 4.47. The van der Waals surface area contributed by atoms with Crippen molar-refractivity contribution >= 4 is 22.5 Å². The van der Waals surface area contributed by atoms with E-state index in [9.17, 15) is 9.18 Å². The number of likely N-dealkylation sites (N-methyl/N-ethyl adjacent to an activating group) is 1. The average molecular weight is 351 g/mol. The zero-order chi connectivity index (χ0) is 18.1. The molecule has 1 aliphatic rings. The van der Waals surface area contributed by atoms with Gasteiger partial charge in [0, 0.05) is 33.9 Å². The first kappa shape index (κ1) is 16.8. The van der Waals surface area contributed by atoms with Crippen LogP contribution in [0.3, 0.4) is 0 Å². The van der Waals surface area contributed by atoms with Gasteiger partial charge in [0.05, 0.1) is 0 Å². The van der Waals surface area contributed by atoms with Gasteiger partial charge in [-0.25, -0.2) is 4.39 Å². The number of fused-ring (bicyclic) bond motifs is 3. The van der Waals surface area contributed by atoms with Gasteiger partial charge in [-0.3, -0.25) is 4.79 Å². The van der Waals surface area contributed by atoms with E-state index in [4.69, 9.17) is 0 Å². The Morgan fingerprint density at radius 3 is 2.96 bits per heavy atom. The summed E-state index contributed by atoms with van der Waals surface area (Å²) in [6.45, 7) is 3.10. The molecule has 1 aromatic heterocycles. The van der Waals surface area contributed by atoms with Crippen LogP contribution < -0.4 is 10.6 Å². The van der Waals surface area contributed by atoms with Crippen LogP contribution in [0, 0.1) is 5.82 Å². The van der Waals surface area contributed by atoms with Gasteiger partial charge in [0.25, 0.3) is 5.91 Å². The highest BCUT2D eigenvalue weighted by molar-refractivity contribution is 6.05. The molecule has 3 N–H and O–H groups in total. The highest BCUT2D eigenvalue weighted by atomic mass is 19.1. The molecular weight excluding hydrogens is 329 g/mol. The van der Waals surface area contributed by atoms with Crippen LogP contribution in [0.5, 0.6) is 0 Å². The smallest absolute Gasteiger partial charge is 0.255 e. The summed E-state index contributed by atoms with van der Waals surface area (Å²) in [5.41, 5.74) is 4.75. The topological polar surface area (TPSA) is 56.9 Å². The zero-order valence-electron chi connectivity index (χ0n) is 14.7. The molecule has 0 bridgehead atoms. The van der Waals surface area contributed by atoms with Crippen LogP contribution in [-0.4, -0.2) is 23.5 Å². The van der Waals surface area contributed by atoms with Gasteiger partial charge in [0.1, 0.15) is 5.82 Å². The van der Waals surface area contributed by atoms with Gasteiger partial charge in [0.2, 0.25) is 0 Å². The van der Waals surface area contributed by atoms with Crippen molar-refractivity contribution in [1.29, 1.82) is 0 Å². The first-order chi connectivity index (χ1) is 12.6. The summed E-state index contributed by atoms with van der Waals surface area (Å²) in [6, 6.07) is 12.1. The van der Waals surface area contributed by atoms with Gasteiger partial charge >= 0.3 is 0 Å². The van der Waals surface area contributed by atoms with Crippen molar-refractivity contribution in [3.05, 3.63) is 65.1 Å². The molecule has 0 radical (unpaired) electrons. The maximum absolute atomic E-state index is 13.3. The first-order valence-electron chi connectivity index (χ1n) is 9.08. The summed E-state index contributed by atoms with van der Waals surface area (Å²) >= 11 is 0. The van der Waals surface area contributed by atoms with Crippen LogP contribution in [0.15, 0.2) is 42.5 Å². The van der Waals surface area contributed by atoms with Crippen LogP contribution in [0.25, 0.3) is 10.9 Å². The second-order valence-corrected chi connectivity index (χ2v) is 6.80. The monoisotopic (exact) mass is 351 g/mol. The molecule has 3 aromatic rings. The van der Waals surface area contributed by atoms with Gasteiger partial charge in [-0.2, -0.15) is 0 Å². The van der Waals surface area contributed by atoms with Crippen molar-refractivity contribution in [3.63, 3.8) is 0 Å². The number of carbonyl (C=O) groups excluding carboxylic acids is 1. The van der Waals surface area contributed by atoms with Crippen molar-refractivity contribution in [2.24, 2.45) is 0 Å². The Balaban J connectivity index is 1.61. The summed E-state index contributed by atoms with van der Waals surface area (Å²) in [5, 5.41) is 7.56.